The molecule has 0 aliphatic heterocycles. The minimum Gasteiger partial charge on any atom is -0.445 e. The van der Waals surface area contributed by atoms with Crippen LogP contribution in [0, 0.1) is 0 Å². The van der Waals surface area contributed by atoms with Gasteiger partial charge in [0.2, 0.25) is 0 Å². The predicted octanol–water partition coefficient (Wildman–Crippen LogP) is 2.67. The van der Waals surface area contributed by atoms with Gasteiger partial charge in [0.1, 0.15) is 25.7 Å². The molecule has 0 bridgehead atoms. The van der Waals surface area contributed by atoms with Crippen molar-refractivity contribution in [3.05, 3.63) is 71.8 Å². The maximum Gasteiger partial charge on any atom is 0.408 e. The number of nitrogens with one attached hydrogen (secondary N) is 1. The largest absolute Gasteiger partial charge is 0.445 e. The zero-order valence-corrected chi connectivity index (χ0v) is 13.8. The maximum absolute atomic E-state index is 11.7. The Morgan fingerprint density at radius 1 is 0.920 bits per heavy atom. The Bertz CT molecular complexity index is 633. The molecule has 1 N–H and O–H groups in total. The minimum absolute atomic E-state index is 0.0126. The molecule has 0 saturated carbocycles. The first kappa shape index (κ1) is 18.6. The van der Waals surface area contributed by atoms with E-state index in [1.807, 2.05) is 60.7 Å². The summed E-state index contributed by atoms with van der Waals surface area (Å²) in [6.45, 7) is 0.594. The van der Waals surface area contributed by atoms with E-state index in [0.29, 0.717) is 12.9 Å². The van der Waals surface area contributed by atoms with Crippen molar-refractivity contribution in [2.75, 3.05) is 13.4 Å². The number of benzene rings is 2. The van der Waals surface area contributed by atoms with Crippen LogP contribution in [0.3, 0.4) is 0 Å². The average molecular weight is 343 g/mol. The first-order valence-corrected chi connectivity index (χ1v) is 7.90. The summed E-state index contributed by atoms with van der Waals surface area (Å²) < 4.78 is 15.6. The van der Waals surface area contributed by atoms with E-state index in [9.17, 15) is 9.59 Å². The van der Waals surface area contributed by atoms with Crippen LogP contribution in [-0.2, 0) is 32.2 Å². The van der Waals surface area contributed by atoms with Gasteiger partial charge in [-0.25, -0.2) is 4.79 Å². The molecule has 1 amide bonds. The van der Waals surface area contributed by atoms with Gasteiger partial charge in [-0.05, 0) is 11.1 Å². The summed E-state index contributed by atoms with van der Waals surface area (Å²) in [6.07, 6.45) is -0.0733. The lowest BCUT2D eigenvalue weighted by molar-refractivity contribution is -0.113. The molecule has 0 aliphatic rings. The number of amides is 1. The van der Waals surface area contributed by atoms with Crippen molar-refractivity contribution in [2.24, 2.45) is 0 Å². The van der Waals surface area contributed by atoms with Crippen LogP contribution in [0.2, 0.25) is 0 Å². The van der Waals surface area contributed by atoms with Crippen LogP contribution < -0.4 is 5.32 Å². The summed E-state index contributed by atoms with van der Waals surface area (Å²) in [6, 6.07) is 18.2. The van der Waals surface area contributed by atoms with Gasteiger partial charge in [0, 0.05) is 0 Å². The third-order valence-electron chi connectivity index (χ3n) is 3.26. The molecule has 2 aromatic rings. The molecule has 0 saturated heterocycles. The fourth-order valence-corrected chi connectivity index (χ4v) is 2.00. The highest BCUT2D eigenvalue weighted by molar-refractivity contribution is 5.73. The van der Waals surface area contributed by atoms with E-state index in [0.717, 1.165) is 11.1 Å². The molecule has 132 valence electrons. The molecule has 0 spiro atoms. The van der Waals surface area contributed by atoms with Crippen LogP contribution in [0.25, 0.3) is 0 Å². The lowest BCUT2D eigenvalue weighted by Crippen LogP contribution is -2.39. The molecule has 0 aliphatic carbocycles. The molecular weight excluding hydrogens is 322 g/mol. The molecule has 1 unspecified atom stereocenters. The SMILES string of the molecule is O=CC(COCOCc1ccccc1)NC(=O)OCc1ccccc1. The van der Waals surface area contributed by atoms with Gasteiger partial charge in [-0.15, -0.1) is 0 Å². The number of hydrogen-bond acceptors (Lipinski definition) is 5. The fourth-order valence-electron chi connectivity index (χ4n) is 2.00. The second-order valence-corrected chi connectivity index (χ2v) is 5.27. The van der Waals surface area contributed by atoms with E-state index < -0.39 is 12.1 Å². The number of alkyl carbamates (subject to hydrolysis) is 1. The van der Waals surface area contributed by atoms with Crippen LogP contribution in [-0.4, -0.2) is 31.8 Å². The normalized spacial score (nSPS) is 11.5. The maximum atomic E-state index is 11.7. The Hall–Kier alpha value is -2.70. The molecular formula is C19H21NO5. The molecule has 6 heteroatoms. The highest BCUT2D eigenvalue weighted by Crippen LogP contribution is 2.01. The third-order valence-corrected chi connectivity index (χ3v) is 3.26. The summed E-state index contributed by atoms with van der Waals surface area (Å²) in [5.41, 5.74) is 1.89. The lowest BCUT2D eigenvalue weighted by atomic mass is 10.2. The van der Waals surface area contributed by atoms with Crippen LogP contribution in [0.15, 0.2) is 60.7 Å². The minimum atomic E-state index is -0.788. The number of ether oxygens (including phenoxy) is 3. The van der Waals surface area contributed by atoms with Crippen molar-refractivity contribution in [3.8, 4) is 0 Å². The van der Waals surface area contributed by atoms with Crippen molar-refractivity contribution in [1.82, 2.24) is 5.32 Å². The van der Waals surface area contributed by atoms with Crippen LogP contribution in [0.4, 0.5) is 4.79 Å². The van der Waals surface area contributed by atoms with Crippen LogP contribution >= 0.6 is 0 Å². The van der Waals surface area contributed by atoms with Crippen molar-refractivity contribution < 1.29 is 23.8 Å². The molecule has 0 aromatic heterocycles. The van der Waals surface area contributed by atoms with Crippen molar-refractivity contribution in [1.29, 1.82) is 0 Å². The van der Waals surface area contributed by atoms with E-state index in [4.69, 9.17) is 14.2 Å². The molecule has 25 heavy (non-hydrogen) atoms. The molecule has 0 heterocycles. The Balaban J connectivity index is 1.59. The van der Waals surface area contributed by atoms with Crippen LogP contribution in [0.1, 0.15) is 11.1 Å². The second-order valence-electron chi connectivity index (χ2n) is 5.27. The lowest BCUT2D eigenvalue weighted by Gasteiger charge is -2.13. The second kappa shape index (κ2) is 11.0. The zero-order chi connectivity index (χ0) is 17.7. The van der Waals surface area contributed by atoms with Crippen LogP contribution in [0.5, 0.6) is 0 Å². The number of aldehydes is 1. The monoisotopic (exact) mass is 343 g/mol. The third kappa shape index (κ3) is 7.60. The van der Waals surface area contributed by atoms with Gasteiger partial charge in [-0.1, -0.05) is 60.7 Å². The topological polar surface area (TPSA) is 73.9 Å². The molecule has 2 aromatic carbocycles. The van der Waals surface area contributed by atoms with Gasteiger partial charge >= 0.3 is 6.09 Å². The van der Waals surface area contributed by atoms with Crippen molar-refractivity contribution in [3.63, 3.8) is 0 Å². The summed E-state index contributed by atoms with van der Waals surface area (Å²) in [4.78, 5) is 22.7. The van der Waals surface area contributed by atoms with Gasteiger partial charge in [-0.2, -0.15) is 0 Å². The van der Waals surface area contributed by atoms with Gasteiger partial charge in [0.05, 0.1) is 13.2 Å². The molecule has 0 radical (unpaired) electrons. The smallest absolute Gasteiger partial charge is 0.408 e. The van der Waals surface area contributed by atoms with Crippen molar-refractivity contribution in [2.45, 2.75) is 19.3 Å². The van der Waals surface area contributed by atoms with E-state index in [-0.39, 0.29) is 20.0 Å². The number of hydrogen-bond donors (Lipinski definition) is 1. The van der Waals surface area contributed by atoms with Gasteiger partial charge in [0.15, 0.2) is 0 Å². The van der Waals surface area contributed by atoms with E-state index in [1.54, 1.807) is 0 Å². The summed E-state index contributed by atoms with van der Waals surface area (Å²) >= 11 is 0. The number of carbonyl (C=O) groups is 2. The Morgan fingerprint density at radius 2 is 1.52 bits per heavy atom. The standard InChI is InChI=1S/C19H21NO5/c21-11-18(14-24-15-23-12-16-7-3-1-4-8-16)20-19(22)25-13-17-9-5-2-6-10-17/h1-11,18H,12-15H2,(H,20,22). The van der Waals surface area contributed by atoms with Gasteiger partial charge in [-0.3, -0.25) is 0 Å². The Morgan fingerprint density at radius 3 is 2.12 bits per heavy atom. The summed E-state index contributed by atoms with van der Waals surface area (Å²) in [7, 11) is 0. The quantitative estimate of drug-likeness (QED) is 0.408. The molecule has 1 atom stereocenters. The van der Waals surface area contributed by atoms with E-state index >= 15 is 0 Å². The first-order valence-electron chi connectivity index (χ1n) is 7.90. The molecule has 6 nitrogen and oxygen atoms in total. The van der Waals surface area contributed by atoms with E-state index in [1.165, 1.54) is 0 Å². The molecule has 0 fully saturated rings. The van der Waals surface area contributed by atoms with Crippen molar-refractivity contribution >= 4 is 12.4 Å². The Kier molecular flexibility index (Phi) is 8.17. The highest BCUT2D eigenvalue weighted by atomic mass is 16.7. The number of rotatable bonds is 10. The van der Waals surface area contributed by atoms with Gasteiger partial charge < -0.3 is 24.3 Å². The fraction of sp³-hybridized carbons (Fsp3) is 0.263. The zero-order valence-electron chi connectivity index (χ0n) is 13.8. The van der Waals surface area contributed by atoms with E-state index in [2.05, 4.69) is 5.32 Å². The Labute approximate surface area is 146 Å². The highest BCUT2D eigenvalue weighted by Gasteiger charge is 2.12. The number of carbonyl (C=O) groups excluding carboxylic acids is 2. The van der Waals surface area contributed by atoms with Gasteiger partial charge in [0.25, 0.3) is 0 Å². The summed E-state index contributed by atoms with van der Waals surface area (Å²) in [5.74, 6) is 0. The first-order chi connectivity index (χ1) is 12.3. The average Bonchev–Trinajstić information content (AvgIpc) is 2.67. The summed E-state index contributed by atoms with van der Waals surface area (Å²) in [5, 5.41) is 2.44. The molecule has 2 rings (SSSR count). The predicted molar refractivity (Wildman–Crippen MR) is 91.7 cm³/mol.